The van der Waals surface area contributed by atoms with Gasteiger partial charge in [0.15, 0.2) is 6.23 Å². The Labute approximate surface area is 160 Å². The number of fused-ring (bicyclic) bond motifs is 1. The minimum atomic E-state index is -3.76. The number of benzene rings is 1. The number of H-pyrrole nitrogens is 1. The Balaban J connectivity index is 1.39. The van der Waals surface area contributed by atoms with E-state index in [1.54, 1.807) is 25.1 Å². The first-order valence-corrected chi connectivity index (χ1v) is 10.1. The lowest BCUT2D eigenvalue weighted by atomic mass is 10.1. The van der Waals surface area contributed by atoms with Crippen LogP contribution in [0.4, 0.5) is 0 Å². The summed E-state index contributed by atoms with van der Waals surface area (Å²) in [6.45, 7) is 3.59. The molecule has 10 heteroatoms. The van der Waals surface area contributed by atoms with Crippen LogP contribution in [0.2, 0.25) is 0 Å². The number of hydrogen-bond acceptors (Lipinski definition) is 7. The fraction of sp³-hybridized carbons (Fsp3) is 0.333. The average Bonchev–Trinajstić information content (AvgIpc) is 3.12. The zero-order chi connectivity index (χ0) is 19.9. The maximum Gasteiger partial charge on any atom is 0.530 e. The molecule has 148 valence electrons. The van der Waals surface area contributed by atoms with Crippen LogP contribution in [-0.4, -0.2) is 22.3 Å². The zero-order valence-corrected chi connectivity index (χ0v) is 16.2. The minimum absolute atomic E-state index is 0.0808. The van der Waals surface area contributed by atoms with Crippen LogP contribution in [0.25, 0.3) is 0 Å². The number of rotatable bonds is 4. The van der Waals surface area contributed by atoms with Gasteiger partial charge in [-0.1, -0.05) is 23.8 Å². The third-order valence-electron chi connectivity index (χ3n) is 4.43. The lowest BCUT2D eigenvalue weighted by Gasteiger charge is -2.26. The molecule has 9 nitrogen and oxygen atoms in total. The van der Waals surface area contributed by atoms with Crippen LogP contribution in [0, 0.1) is 13.8 Å². The van der Waals surface area contributed by atoms with Crippen molar-refractivity contribution in [3.8, 4) is 5.75 Å². The summed E-state index contributed by atoms with van der Waals surface area (Å²) in [5.74, 6) is 0.469. The fourth-order valence-corrected chi connectivity index (χ4v) is 4.18. The summed E-state index contributed by atoms with van der Waals surface area (Å²) in [6, 6.07) is 5.48. The van der Waals surface area contributed by atoms with Crippen LogP contribution in [0.1, 0.15) is 22.9 Å². The normalized spacial score (nSPS) is 26.1. The van der Waals surface area contributed by atoms with Gasteiger partial charge in [-0.3, -0.25) is 23.4 Å². The lowest BCUT2D eigenvalue weighted by Crippen LogP contribution is -2.33. The molecule has 0 fully saturated rings. The van der Waals surface area contributed by atoms with E-state index in [2.05, 4.69) is 4.98 Å². The number of aryl methyl sites for hydroxylation is 2. The Hall–Kier alpha value is -2.45. The van der Waals surface area contributed by atoms with Crippen molar-refractivity contribution in [3.05, 3.63) is 74.1 Å². The fourth-order valence-electron chi connectivity index (χ4n) is 2.95. The Kier molecular flexibility index (Phi) is 4.84. The van der Waals surface area contributed by atoms with Crippen LogP contribution in [0.5, 0.6) is 5.75 Å². The third kappa shape index (κ3) is 3.74. The topological polar surface area (TPSA) is 109 Å². The summed E-state index contributed by atoms with van der Waals surface area (Å²) in [6.07, 6.45) is 3.51. The van der Waals surface area contributed by atoms with Crippen molar-refractivity contribution in [2.75, 3.05) is 6.61 Å². The van der Waals surface area contributed by atoms with Crippen LogP contribution in [0.15, 0.2) is 46.1 Å². The van der Waals surface area contributed by atoms with E-state index in [0.29, 0.717) is 11.3 Å². The number of ether oxygens (including phenoxy) is 1. The van der Waals surface area contributed by atoms with Crippen molar-refractivity contribution in [1.82, 2.24) is 9.55 Å². The number of aromatic nitrogens is 2. The largest absolute Gasteiger partial charge is 0.530 e. The molecule has 2 aromatic rings. The summed E-state index contributed by atoms with van der Waals surface area (Å²) in [7, 11) is -3.76. The number of nitrogens with zero attached hydrogens (tertiary/aromatic N) is 1. The Bertz CT molecular complexity index is 1100. The highest BCUT2D eigenvalue weighted by molar-refractivity contribution is 7.49. The van der Waals surface area contributed by atoms with Crippen molar-refractivity contribution >= 4 is 7.82 Å². The minimum Gasteiger partial charge on any atom is -0.404 e. The molecule has 0 radical (unpaired) electrons. The molecule has 3 atom stereocenters. The molecular weight excluding hydrogens is 387 g/mol. The van der Waals surface area contributed by atoms with E-state index in [4.69, 9.17) is 18.3 Å². The summed E-state index contributed by atoms with van der Waals surface area (Å²) < 4.78 is 35.8. The number of hydrogen-bond donors (Lipinski definition) is 1. The van der Waals surface area contributed by atoms with Crippen LogP contribution >= 0.6 is 7.82 Å². The summed E-state index contributed by atoms with van der Waals surface area (Å²) >= 11 is 0. The highest BCUT2D eigenvalue weighted by Crippen LogP contribution is 2.54. The predicted molar refractivity (Wildman–Crippen MR) is 99.3 cm³/mol. The maximum atomic E-state index is 12.7. The molecule has 1 aromatic carbocycles. The van der Waals surface area contributed by atoms with Crippen molar-refractivity contribution < 1.29 is 22.9 Å². The molecule has 0 saturated carbocycles. The summed E-state index contributed by atoms with van der Waals surface area (Å²) in [5.41, 5.74) is 1.22. The molecular formula is C18H19N2O7P. The summed E-state index contributed by atoms with van der Waals surface area (Å²) in [5, 5.41) is 0. The standard InChI is InChI=1S/C18H19N2O7P/c1-11-3-5-15-13(7-11)9-24-28(23,27-15)25-10-14-4-6-16(26-14)20-8-12(2)17(21)19-18(20)22/h3-8,14,16H,9-10H2,1-2H3,(H,19,21,22)/t14?,16?,28-/m0/s1. The summed E-state index contributed by atoms with van der Waals surface area (Å²) in [4.78, 5) is 25.7. The Morgan fingerprint density at radius 3 is 2.93 bits per heavy atom. The molecule has 0 spiro atoms. The van der Waals surface area contributed by atoms with Gasteiger partial charge in [0.2, 0.25) is 0 Å². The lowest BCUT2D eigenvalue weighted by molar-refractivity contribution is -0.0130. The van der Waals surface area contributed by atoms with Gasteiger partial charge in [0.1, 0.15) is 11.9 Å². The first-order valence-electron chi connectivity index (χ1n) is 8.67. The van der Waals surface area contributed by atoms with Gasteiger partial charge >= 0.3 is 13.5 Å². The SMILES string of the molecule is Cc1ccc2c(c1)CO[P@@](=O)(OCC1C=CC(n3cc(C)c(=O)[nH]c3=O)O1)O2. The maximum absolute atomic E-state index is 12.7. The van der Waals surface area contributed by atoms with Gasteiger partial charge in [0.05, 0.1) is 13.2 Å². The van der Waals surface area contributed by atoms with Crippen molar-refractivity contribution in [1.29, 1.82) is 0 Å². The van der Waals surface area contributed by atoms with Gasteiger partial charge in [0.25, 0.3) is 5.56 Å². The molecule has 1 N–H and O–H groups in total. The highest BCUT2D eigenvalue weighted by Gasteiger charge is 2.35. The van der Waals surface area contributed by atoms with Gasteiger partial charge in [0, 0.05) is 17.3 Å². The molecule has 0 aliphatic carbocycles. The monoisotopic (exact) mass is 406 g/mol. The zero-order valence-electron chi connectivity index (χ0n) is 15.3. The van der Waals surface area contributed by atoms with E-state index in [1.807, 2.05) is 19.1 Å². The van der Waals surface area contributed by atoms with Crippen molar-refractivity contribution in [3.63, 3.8) is 0 Å². The first kappa shape index (κ1) is 18.9. The number of phosphoric acid groups is 1. The van der Waals surface area contributed by atoms with Gasteiger partial charge in [-0.15, -0.1) is 0 Å². The predicted octanol–water partition coefficient (Wildman–Crippen LogP) is 2.34. The van der Waals surface area contributed by atoms with Crippen LogP contribution in [0.3, 0.4) is 0 Å². The molecule has 0 bridgehead atoms. The third-order valence-corrected chi connectivity index (χ3v) is 5.76. The molecule has 28 heavy (non-hydrogen) atoms. The smallest absolute Gasteiger partial charge is 0.404 e. The molecule has 2 unspecified atom stereocenters. The molecule has 0 amide bonds. The number of nitrogens with one attached hydrogen (secondary N) is 1. The Morgan fingerprint density at radius 2 is 2.11 bits per heavy atom. The molecule has 2 aliphatic heterocycles. The van der Waals surface area contributed by atoms with E-state index in [1.165, 1.54) is 10.8 Å². The molecule has 0 saturated heterocycles. The van der Waals surface area contributed by atoms with Crippen molar-refractivity contribution in [2.45, 2.75) is 32.8 Å². The second kappa shape index (κ2) is 7.18. The van der Waals surface area contributed by atoms with E-state index < -0.39 is 31.4 Å². The van der Waals surface area contributed by atoms with Gasteiger partial charge in [-0.2, -0.15) is 0 Å². The average molecular weight is 406 g/mol. The highest BCUT2D eigenvalue weighted by atomic mass is 31.2. The van der Waals surface area contributed by atoms with Crippen LogP contribution in [-0.2, 0) is 25.0 Å². The molecule has 4 rings (SSSR count). The van der Waals surface area contributed by atoms with Gasteiger partial charge in [-0.25, -0.2) is 9.36 Å². The van der Waals surface area contributed by atoms with Gasteiger partial charge in [-0.05, 0) is 26.0 Å². The molecule has 1 aromatic heterocycles. The molecule has 3 heterocycles. The number of phosphoric ester groups is 1. The quantitative estimate of drug-likeness (QED) is 0.613. The number of aromatic amines is 1. The van der Waals surface area contributed by atoms with E-state index in [0.717, 1.165) is 11.1 Å². The van der Waals surface area contributed by atoms with Crippen molar-refractivity contribution in [2.24, 2.45) is 0 Å². The van der Waals surface area contributed by atoms with E-state index >= 15 is 0 Å². The van der Waals surface area contributed by atoms with Gasteiger partial charge < -0.3 is 9.26 Å². The van der Waals surface area contributed by atoms with Crippen LogP contribution < -0.4 is 15.8 Å². The van der Waals surface area contributed by atoms with E-state index in [-0.39, 0.29) is 13.2 Å². The molecule has 2 aliphatic rings. The second-order valence-corrected chi connectivity index (χ2v) is 8.24. The van der Waals surface area contributed by atoms with E-state index in [9.17, 15) is 14.2 Å². The Morgan fingerprint density at radius 1 is 1.29 bits per heavy atom. The first-order chi connectivity index (χ1) is 13.3. The second-order valence-electron chi connectivity index (χ2n) is 6.65.